The van der Waals surface area contributed by atoms with Crippen LogP contribution < -0.4 is 5.32 Å². The maximum Gasteiger partial charge on any atom is 0.0558 e. The molecule has 0 saturated heterocycles. The summed E-state index contributed by atoms with van der Waals surface area (Å²) < 4.78 is 0. The van der Waals surface area contributed by atoms with Gasteiger partial charge < -0.3 is 15.3 Å². The molecule has 1 aliphatic carbocycles. The van der Waals surface area contributed by atoms with Crippen LogP contribution in [0.2, 0.25) is 0 Å². The van der Waals surface area contributed by atoms with Gasteiger partial charge in [0, 0.05) is 24.7 Å². The van der Waals surface area contributed by atoms with Gasteiger partial charge in [0.15, 0.2) is 0 Å². The molecule has 3 heteroatoms. The van der Waals surface area contributed by atoms with E-state index in [9.17, 15) is 0 Å². The number of benzene rings is 1. The summed E-state index contributed by atoms with van der Waals surface area (Å²) in [7, 11) is 2.06. The molecule has 0 bridgehead atoms. The van der Waals surface area contributed by atoms with Crippen molar-refractivity contribution in [3.05, 3.63) is 35.4 Å². The summed E-state index contributed by atoms with van der Waals surface area (Å²) in [5.74, 6) is 0. The third-order valence-corrected chi connectivity index (χ3v) is 4.14. The van der Waals surface area contributed by atoms with Gasteiger partial charge >= 0.3 is 0 Å². The molecule has 0 spiro atoms. The van der Waals surface area contributed by atoms with Gasteiger partial charge in [0.25, 0.3) is 0 Å². The van der Waals surface area contributed by atoms with Crippen LogP contribution in [0.25, 0.3) is 0 Å². The van der Waals surface area contributed by atoms with E-state index in [0.717, 1.165) is 19.5 Å². The average Bonchev–Trinajstić information content (AvgIpc) is 3.11. The topological polar surface area (TPSA) is 35.5 Å². The summed E-state index contributed by atoms with van der Waals surface area (Å²) in [4.78, 5) is 2.18. The molecule has 0 aliphatic heterocycles. The first-order chi connectivity index (χ1) is 9.53. The van der Waals surface area contributed by atoms with Gasteiger partial charge in [0.05, 0.1) is 6.61 Å². The monoisotopic (exact) mass is 276 g/mol. The highest BCUT2D eigenvalue weighted by molar-refractivity contribution is 5.25. The molecule has 1 atom stereocenters. The SMILES string of the molecule is Cc1ccc(CC2(N[C@H](C)CN(C)CCO)CC2)cc1. The van der Waals surface area contributed by atoms with Crippen LogP contribution in [-0.2, 0) is 6.42 Å². The Balaban J connectivity index is 1.83. The van der Waals surface area contributed by atoms with Crippen LogP contribution in [-0.4, -0.2) is 48.3 Å². The fraction of sp³-hybridized carbons (Fsp3) is 0.647. The van der Waals surface area contributed by atoms with Crippen LogP contribution in [0.4, 0.5) is 0 Å². The molecule has 1 aromatic carbocycles. The highest BCUT2D eigenvalue weighted by Gasteiger charge is 2.43. The Hall–Kier alpha value is -0.900. The summed E-state index contributed by atoms with van der Waals surface area (Å²) in [6.07, 6.45) is 3.67. The van der Waals surface area contributed by atoms with E-state index in [2.05, 4.69) is 55.4 Å². The quantitative estimate of drug-likeness (QED) is 0.762. The van der Waals surface area contributed by atoms with Crippen LogP contribution >= 0.6 is 0 Å². The molecule has 0 unspecified atom stereocenters. The molecule has 2 N–H and O–H groups in total. The number of hydrogen-bond donors (Lipinski definition) is 2. The number of aliphatic hydroxyl groups is 1. The van der Waals surface area contributed by atoms with Crippen molar-refractivity contribution >= 4 is 0 Å². The number of hydrogen-bond acceptors (Lipinski definition) is 3. The predicted molar refractivity (Wildman–Crippen MR) is 84.0 cm³/mol. The van der Waals surface area contributed by atoms with Gasteiger partial charge in [-0.1, -0.05) is 29.8 Å². The molecule has 0 amide bonds. The van der Waals surface area contributed by atoms with Crippen LogP contribution in [0.1, 0.15) is 30.9 Å². The smallest absolute Gasteiger partial charge is 0.0558 e. The van der Waals surface area contributed by atoms with E-state index in [4.69, 9.17) is 5.11 Å². The van der Waals surface area contributed by atoms with Crippen LogP contribution in [0.3, 0.4) is 0 Å². The lowest BCUT2D eigenvalue weighted by atomic mass is 10.0. The second-order valence-electron chi connectivity index (χ2n) is 6.47. The standard InChI is InChI=1S/C17H28N2O/c1-14-4-6-16(7-5-14)12-17(8-9-17)18-15(2)13-19(3)10-11-20/h4-7,15,18,20H,8-13H2,1-3H3/t15-/m1/s1. The van der Waals surface area contributed by atoms with Gasteiger partial charge in [0.1, 0.15) is 0 Å². The van der Waals surface area contributed by atoms with Gasteiger partial charge in [-0.3, -0.25) is 0 Å². The van der Waals surface area contributed by atoms with E-state index in [1.54, 1.807) is 0 Å². The molecule has 2 rings (SSSR count). The van der Waals surface area contributed by atoms with E-state index in [-0.39, 0.29) is 6.61 Å². The van der Waals surface area contributed by atoms with E-state index in [1.807, 2.05) is 0 Å². The minimum atomic E-state index is 0.234. The zero-order valence-electron chi connectivity index (χ0n) is 13.0. The van der Waals surface area contributed by atoms with Gasteiger partial charge in [-0.2, -0.15) is 0 Å². The normalized spacial score (nSPS) is 18.2. The molecule has 1 aromatic rings. The molecule has 3 nitrogen and oxygen atoms in total. The molecule has 0 radical (unpaired) electrons. The van der Waals surface area contributed by atoms with Crippen molar-refractivity contribution in [1.82, 2.24) is 10.2 Å². The van der Waals surface area contributed by atoms with Gasteiger partial charge in [-0.05, 0) is 45.7 Å². The molecule has 1 fully saturated rings. The van der Waals surface area contributed by atoms with Crippen LogP contribution in [0.5, 0.6) is 0 Å². The molecular formula is C17H28N2O. The minimum absolute atomic E-state index is 0.234. The van der Waals surface area contributed by atoms with Crippen LogP contribution in [0, 0.1) is 6.92 Å². The lowest BCUT2D eigenvalue weighted by Crippen LogP contribution is -2.45. The van der Waals surface area contributed by atoms with E-state index in [1.165, 1.54) is 24.0 Å². The molecule has 20 heavy (non-hydrogen) atoms. The Bertz CT molecular complexity index is 412. The molecule has 112 valence electrons. The molecule has 0 heterocycles. The Morgan fingerprint density at radius 3 is 2.50 bits per heavy atom. The predicted octanol–water partition coefficient (Wildman–Crippen LogP) is 1.97. The Kier molecular flexibility index (Phi) is 5.19. The lowest BCUT2D eigenvalue weighted by molar-refractivity contribution is 0.206. The molecular weight excluding hydrogens is 248 g/mol. The van der Waals surface area contributed by atoms with E-state index in [0.29, 0.717) is 11.6 Å². The average molecular weight is 276 g/mol. The lowest BCUT2D eigenvalue weighted by Gasteiger charge is -2.26. The second kappa shape index (κ2) is 6.70. The summed E-state index contributed by atoms with van der Waals surface area (Å²) >= 11 is 0. The van der Waals surface area contributed by atoms with Crippen molar-refractivity contribution in [2.75, 3.05) is 26.7 Å². The Labute approximate surface area is 123 Å². The number of rotatable bonds is 8. The third kappa shape index (κ3) is 4.58. The number of nitrogens with zero attached hydrogens (tertiary/aromatic N) is 1. The molecule has 0 aromatic heterocycles. The van der Waals surface area contributed by atoms with Crippen molar-refractivity contribution < 1.29 is 5.11 Å². The van der Waals surface area contributed by atoms with Crippen molar-refractivity contribution in [3.8, 4) is 0 Å². The zero-order chi connectivity index (χ0) is 14.6. The largest absolute Gasteiger partial charge is 0.395 e. The van der Waals surface area contributed by atoms with Gasteiger partial charge in [-0.25, -0.2) is 0 Å². The first-order valence-corrected chi connectivity index (χ1v) is 7.66. The van der Waals surface area contributed by atoms with Gasteiger partial charge in [0.2, 0.25) is 0 Å². The fourth-order valence-electron chi connectivity index (χ4n) is 2.92. The number of nitrogens with one attached hydrogen (secondary N) is 1. The fourth-order valence-corrected chi connectivity index (χ4v) is 2.92. The minimum Gasteiger partial charge on any atom is -0.395 e. The highest BCUT2D eigenvalue weighted by atomic mass is 16.3. The third-order valence-electron chi connectivity index (χ3n) is 4.14. The summed E-state index contributed by atoms with van der Waals surface area (Å²) in [5, 5.41) is 12.7. The number of likely N-dealkylation sites (N-methyl/N-ethyl adjacent to an activating group) is 1. The summed E-state index contributed by atoms with van der Waals surface area (Å²) in [6.45, 7) is 6.34. The van der Waals surface area contributed by atoms with Gasteiger partial charge in [-0.15, -0.1) is 0 Å². The Morgan fingerprint density at radius 2 is 1.95 bits per heavy atom. The maximum atomic E-state index is 8.95. The molecule has 1 aliphatic rings. The van der Waals surface area contributed by atoms with Crippen molar-refractivity contribution in [2.45, 2.75) is 44.7 Å². The first-order valence-electron chi connectivity index (χ1n) is 7.66. The number of aliphatic hydroxyl groups excluding tert-OH is 1. The maximum absolute atomic E-state index is 8.95. The van der Waals surface area contributed by atoms with Crippen molar-refractivity contribution in [3.63, 3.8) is 0 Å². The first kappa shape index (κ1) is 15.5. The van der Waals surface area contributed by atoms with Crippen molar-refractivity contribution in [1.29, 1.82) is 0 Å². The highest BCUT2D eigenvalue weighted by Crippen LogP contribution is 2.39. The Morgan fingerprint density at radius 1 is 1.30 bits per heavy atom. The number of aryl methyl sites for hydroxylation is 1. The zero-order valence-corrected chi connectivity index (χ0v) is 13.0. The molecule has 1 saturated carbocycles. The summed E-state index contributed by atoms with van der Waals surface area (Å²) in [5.41, 5.74) is 3.07. The van der Waals surface area contributed by atoms with E-state index < -0.39 is 0 Å². The van der Waals surface area contributed by atoms with Crippen molar-refractivity contribution in [2.24, 2.45) is 0 Å². The summed E-state index contributed by atoms with van der Waals surface area (Å²) in [6, 6.07) is 9.35. The van der Waals surface area contributed by atoms with Crippen LogP contribution in [0.15, 0.2) is 24.3 Å². The second-order valence-corrected chi connectivity index (χ2v) is 6.47. The van der Waals surface area contributed by atoms with E-state index >= 15 is 0 Å².